The van der Waals surface area contributed by atoms with Gasteiger partial charge in [0.1, 0.15) is 11.9 Å². The first-order valence-corrected chi connectivity index (χ1v) is 7.15. The zero-order valence-electron chi connectivity index (χ0n) is 11.1. The summed E-state index contributed by atoms with van der Waals surface area (Å²) in [7, 11) is 1.28. The maximum atomic E-state index is 12.9. The highest BCUT2D eigenvalue weighted by molar-refractivity contribution is 7.99. The first-order valence-electron chi connectivity index (χ1n) is 5.99. The topological polar surface area (TPSA) is 81.4 Å². The van der Waals surface area contributed by atoms with E-state index in [9.17, 15) is 14.0 Å². The molecule has 1 aromatic rings. The van der Waals surface area contributed by atoms with Gasteiger partial charge in [-0.05, 0) is 30.4 Å². The second kappa shape index (κ2) is 8.55. The van der Waals surface area contributed by atoms with Gasteiger partial charge >= 0.3 is 5.97 Å². The van der Waals surface area contributed by atoms with Gasteiger partial charge in [-0.3, -0.25) is 9.59 Å². The maximum Gasteiger partial charge on any atom is 0.322 e. The van der Waals surface area contributed by atoms with Crippen LogP contribution in [0.1, 0.15) is 6.42 Å². The molecule has 1 atom stereocenters. The van der Waals surface area contributed by atoms with Crippen LogP contribution in [0.4, 0.5) is 10.1 Å². The zero-order valence-corrected chi connectivity index (χ0v) is 11.9. The summed E-state index contributed by atoms with van der Waals surface area (Å²) in [6.07, 6.45) is 0.435. The van der Waals surface area contributed by atoms with Crippen LogP contribution in [0.25, 0.3) is 0 Å². The van der Waals surface area contributed by atoms with Crippen molar-refractivity contribution < 1.29 is 18.7 Å². The molecule has 0 heterocycles. The number of amides is 1. The third-order valence-electron chi connectivity index (χ3n) is 2.42. The summed E-state index contributed by atoms with van der Waals surface area (Å²) in [6, 6.07) is 5.01. The Morgan fingerprint density at radius 2 is 2.25 bits per heavy atom. The van der Waals surface area contributed by atoms with Crippen LogP contribution < -0.4 is 11.1 Å². The highest BCUT2D eigenvalue weighted by atomic mass is 32.2. The van der Waals surface area contributed by atoms with Gasteiger partial charge in [-0.1, -0.05) is 6.07 Å². The Labute approximate surface area is 121 Å². The van der Waals surface area contributed by atoms with Crippen molar-refractivity contribution >= 4 is 29.3 Å². The average Bonchev–Trinajstić information content (AvgIpc) is 2.42. The van der Waals surface area contributed by atoms with Crippen molar-refractivity contribution in [3.63, 3.8) is 0 Å². The van der Waals surface area contributed by atoms with E-state index in [1.807, 2.05) is 0 Å². The number of carbonyl (C=O) groups excluding carboxylic acids is 2. The molecule has 1 amide bonds. The van der Waals surface area contributed by atoms with Crippen LogP contribution in [0, 0.1) is 5.82 Å². The number of esters is 1. The first-order chi connectivity index (χ1) is 9.52. The van der Waals surface area contributed by atoms with Crippen molar-refractivity contribution in [2.45, 2.75) is 12.5 Å². The van der Waals surface area contributed by atoms with Gasteiger partial charge in [0.2, 0.25) is 5.91 Å². The molecule has 3 N–H and O–H groups in total. The molecule has 0 radical (unpaired) electrons. The molecular weight excluding hydrogens is 283 g/mol. The van der Waals surface area contributed by atoms with E-state index in [-0.39, 0.29) is 11.7 Å². The molecule has 0 saturated carbocycles. The van der Waals surface area contributed by atoms with Crippen LogP contribution in [0.3, 0.4) is 0 Å². The van der Waals surface area contributed by atoms with Gasteiger partial charge in [0, 0.05) is 5.69 Å². The highest BCUT2D eigenvalue weighted by Crippen LogP contribution is 2.11. The van der Waals surface area contributed by atoms with Gasteiger partial charge in [-0.15, -0.1) is 0 Å². The number of nitrogens with one attached hydrogen (secondary N) is 1. The van der Waals surface area contributed by atoms with Crippen molar-refractivity contribution in [3.8, 4) is 0 Å². The van der Waals surface area contributed by atoms with Crippen molar-refractivity contribution in [2.75, 3.05) is 23.9 Å². The van der Waals surface area contributed by atoms with Crippen LogP contribution >= 0.6 is 11.8 Å². The molecule has 1 aromatic carbocycles. The Morgan fingerprint density at radius 1 is 1.50 bits per heavy atom. The summed E-state index contributed by atoms with van der Waals surface area (Å²) in [5.41, 5.74) is 5.97. The van der Waals surface area contributed by atoms with Crippen LogP contribution in [0.5, 0.6) is 0 Å². The van der Waals surface area contributed by atoms with E-state index in [0.29, 0.717) is 17.9 Å². The predicted molar refractivity (Wildman–Crippen MR) is 77.0 cm³/mol. The molecule has 0 saturated heterocycles. The Balaban J connectivity index is 2.22. The number of carbonyl (C=O) groups is 2. The first kappa shape index (κ1) is 16.5. The minimum atomic E-state index is -0.668. The molecule has 1 unspecified atom stereocenters. The lowest BCUT2D eigenvalue weighted by Crippen LogP contribution is -2.32. The Bertz CT molecular complexity index is 471. The van der Waals surface area contributed by atoms with Gasteiger partial charge in [-0.25, -0.2) is 4.39 Å². The van der Waals surface area contributed by atoms with Crippen molar-refractivity contribution in [2.24, 2.45) is 5.73 Å². The molecule has 110 valence electrons. The zero-order chi connectivity index (χ0) is 15.0. The molecule has 20 heavy (non-hydrogen) atoms. The van der Waals surface area contributed by atoms with E-state index in [1.54, 1.807) is 6.07 Å². The van der Waals surface area contributed by atoms with E-state index >= 15 is 0 Å². The summed E-state index contributed by atoms with van der Waals surface area (Å²) < 4.78 is 17.4. The highest BCUT2D eigenvalue weighted by Gasteiger charge is 2.13. The summed E-state index contributed by atoms with van der Waals surface area (Å²) in [4.78, 5) is 22.6. The van der Waals surface area contributed by atoms with E-state index < -0.39 is 17.8 Å². The third-order valence-corrected chi connectivity index (χ3v) is 3.41. The van der Waals surface area contributed by atoms with Crippen LogP contribution in [-0.4, -0.2) is 36.5 Å². The average molecular weight is 300 g/mol. The second-order valence-electron chi connectivity index (χ2n) is 4.03. The van der Waals surface area contributed by atoms with E-state index in [1.165, 1.54) is 37.1 Å². The number of thioether (sulfide) groups is 1. The number of halogens is 1. The fourth-order valence-corrected chi connectivity index (χ4v) is 2.23. The minimum Gasteiger partial charge on any atom is -0.468 e. The summed E-state index contributed by atoms with van der Waals surface area (Å²) >= 11 is 1.35. The SMILES string of the molecule is COC(=O)C(N)CCSCC(=O)Nc1cccc(F)c1. The molecule has 1 rings (SSSR count). The quantitative estimate of drug-likeness (QED) is 0.587. The molecule has 0 aliphatic rings. The number of hydrogen-bond acceptors (Lipinski definition) is 5. The number of methoxy groups -OCH3 is 1. The number of rotatable bonds is 7. The van der Waals surface area contributed by atoms with Crippen molar-refractivity contribution in [1.82, 2.24) is 0 Å². The molecule has 0 aromatic heterocycles. The van der Waals surface area contributed by atoms with Gasteiger partial charge in [0.25, 0.3) is 0 Å². The molecule has 0 aliphatic carbocycles. The smallest absolute Gasteiger partial charge is 0.322 e. The Kier molecular flexibility index (Phi) is 7.03. The van der Waals surface area contributed by atoms with Crippen LogP contribution in [0.15, 0.2) is 24.3 Å². The molecule has 5 nitrogen and oxygen atoms in total. The summed E-state index contributed by atoms with van der Waals surface area (Å²) in [5, 5.41) is 2.58. The summed E-state index contributed by atoms with van der Waals surface area (Å²) in [5.74, 6) is -0.321. The van der Waals surface area contributed by atoms with E-state index in [4.69, 9.17) is 5.73 Å². The fourth-order valence-electron chi connectivity index (χ4n) is 1.41. The third kappa shape index (κ3) is 6.03. The Morgan fingerprint density at radius 3 is 2.90 bits per heavy atom. The molecule has 0 bridgehead atoms. The normalized spacial score (nSPS) is 11.8. The second-order valence-corrected chi connectivity index (χ2v) is 5.13. The van der Waals surface area contributed by atoms with Crippen LogP contribution in [0.2, 0.25) is 0 Å². The van der Waals surface area contributed by atoms with Gasteiger partial charge in [0.05, 0.1) is 12.9 Å². The largest absolute Gasteiger partial charge is 0.468 e. The van der Waals surface area contributed by atoms with Crippen LogP contribution in [-0.2, 0) is 14.3 Å². The van der Waals surface area contributed by atoms with E-state index in [2.05, 4.69) is 10.1 Å². The molecule has 0 aliphatic heterocycles. The standard InChI is InChI=1S/C13H17FN2O3S/c1-19-13(18)11(15)5-6-20-8-12(17)16-10-4-2-3-9(14)7-10/h2-4,7,11H,5-6,8,15H2,1H3,(H,16,17). The lowest BCUT2D eigenvalue weighted by atomic mass is 10.2. The number of benzene rings is 1. The molecule has 7 heteroatoms. The van der Waals surface area contributed by atoms with Crippen molar-refractivity contribution in [1.29, 1.82) is 0 Å². The fraction of sp³-hybridized carbons (Fsp3) is 0.385. The maximum absolute atomic E-state index is 12.9. The molecule has 0 fully saturated rings. The number of ether oxygens (including phenoxy) is 1. The number of hydrogen-bond donors (Lipinski definition) is 2. The lowest BCUT2D eigenvalue weighted by Gasteiger charge is -2.08. The minimum absolute atomic E-state index is 0.213. The monoisotopic (exact) mass is 300 g/mol. The van der Waals surface area contributed by atoms with E-state index in [0.717, 1.165) is 0 Å². The summed E-state index contributed by atoms with van der Waals surface area (Å²) in [6.45, 7) is 0. The lowest BCUT2D eigenvalue weighted by molar-refractivity contribution is -0.142. The number of anilines is 1. The van der Waals surface area contributed by atoms with Gasteiger partial charge in [0.15, 0.2) is 0 Å². The van der Waals surface area contributed by atoms with Gasteiger partial charge in [-0.2, -0.15) is 11.8 Å². The number of nitrogens with two attached hydrogens (primary N) is 1. The van der Waals surface area contributed by atoms with Crippen molar-refractivity contribution in [3.05, 3.63) is 30.1 Å². The molecule has 0 spiro atoms. The Hall–Kier alpha value is -1.60. The predicted octanol–water partition coefficient (Wildman–Crippen LogP) is 1.39. The molecular formula is C13H17FN2O3S. The van der Waals surface area contributed by atoms with Gasteiger partial charge < -0.3 is 15.8 Å².